The van der Waals surface area contributed by atoms with Crippen molar-refractivity contribution in [2.75, 3.05) is 0 Å². The first-order valence-electron chi connectivity index (χ1n) is 7.33. The summed E-state index contributed by atoms with van der Waals surface area (Å²) in [6, 6.07) is 10.2. The first kappa shape index (κ1) is 15.0. The van der Waals surface area contributed by atoms with Crippen molar-refractivity contribution in [2.24, 2.45) is 5.73 Å². The van der Waals surface area contributed by atoms with Gasteiger partial charge in [0, 0.05) is 22.6 Å². The van der Waals surface area contributed by atoms with Crippen molar-refractivity contribution in [3.8, 4) is 0 Å². The maximum absolute atomic E-state index is 6.33. The number of halogens is 1. The number of rotatable bonds is 4. The van der Waals surface area contributed by atoms with Crippen LogP contribution in [0.5, 0.6) is 0 Å². The van der Waals surface area contributed by atoms with Crippen molar-refractivity contribution in [1.82, 2.24) is 4.90 Å². The Bertz CT molecular complexity index is 419. The molecule has 4 atom stereocenters. The number of nitrogens with zero attached hydrogens (tertiary/aromatic N) is 1. The summed E-state index contributed by atoms with van der Waals surface area (Å²) < 4.78 is 1.17. The van der Waals surface area contributed by atoms with E-state index in [-0.39, 0.29) is 6.04 Å². The van der Waals surface area contributed by atoms with Gasteiger partial charge >= 0.3 is 0 Å². The van der Waals surface area contributed by atoms with Gasteiger partial charge in [-0.15, -0.1) is 0 Å². The zero-order valence-electron chi connectivity index (χ0n) is 12.1. The Kier molecular flexibility index (Phi) is 5.04. The van der Waals surface area contributed by atoms with Crippen LogP contribution in [-0.2, 0) is 0 Å². The Morgan fingerprint density at radius 1 is 1.37 bits per heavy atom. The van der Waals surface area contributed by atoms with Crippen LogP contribution in [0, 0.1) is 0 Å². The zero-order chi connectivity index (χ0) is 14.0. The Balaban J connectivity index is 2.38. The van der Waals surface area contributed by atoms with Gasteiger partial charge in [-0.05, 0) is 44.7 Å². The molecule has 1 aromatic carbocycles. The molecule has 4 unspecified atom stereocenters. The molecule has 0 spiro atoms. The van der Waals surface area contributed by atoms with Gasteiger partial charge in [-0.2, -0.15) is 0 Å². The lowest BCUT2D eigenvalue weighted by Gasteiger charge is -2.39. The third-order valence-electron chi connectivity index (χ3n) is 4.36. The molecule has 0 saturated carbocycles. The third kappa shape index (κ3) is 3.04. The summed E-state index contributed by atoms with van der Waals surface area (Å²) in [5.74, 6) is 0. The first-order chi connectivity index (χ1) is 9.06. The molecule has 0 aliphatic carbocycles. The molecule has 1 saturated heterocycles. The monoisotopic (exact) mass is 324 g/mol. The second-order valence-electron chi connectivity index (χ2n) is 5.76. The van der Waals surface area contributed by atoms with Gasteiger partial charge < -0.3 is 5.73 Å². The molecule has 1 aliphatic rings. The second-order valence-corrected chi connectivity index (χ2v) is 6.62. The highest BCUT2D eigenvalue weighted by atomic mass is 79.9. The van der Waals surface area contributed by atoms with Crippen LogP contribution in [0.15, 0.2) is 28.7 Å². The molecule has 0 bridgehead atoms. The van der Waals surface area contributed by atoms with Gasteiger partial charge in [0.25, 0.3) is 0 Å². The van der Waals surface area contributed by atoms with Crippen LogP contribution >= 0.6 is 15.9 Å². The predicted molar refractivity (Wildman–Crippen MR) is 85.1 cm³/mol. The van der Waals surface area contributed by atoms with Crippen LogP contribution in [0.4, 0.5) is 0 Å². The number of likely N-dealkylation sites (tertiary alicyclic amines) is 1. The van der Waals surface area contributed by atoms with Gasteiger partial charge in [0.2, 0.25) is 0 Å². The largest absolute Gasteiger partial charge is 0.326 e. The molecule has 19 heavy (non-hydrogen) atoms. The fraction of sp³-hybridized carbons (Fsp3) is 0.625. The fourth-order valence-electron chi connectivity index (χ4n) is 3.44. The van der Waals surface area contributed by atoms with Gasteiger partial charge in [0.15, 0.2) is 0 Å². The zero-order valence-corrected chi connectivity index (χ0v) is 13.7. The van der Waals surface area contributed by atoms with Crippen molar-refractivity contribution in [3.63, 3.8) is 0 Å². The van der Waals surface area contributed by atoms with Crippen molar-refractivity contribution < 1.29 is 0 Å². The topological polar surface area (TPSA) is 29.3 Å². The van der Waals surface area contributed by atoms with Crippen LogP contribution in [-0.4, -0.2) is 23.0 Å². The highest BCUT2D eigenvalue weighted by Gasteiger charge is 2.37. The lowest BCUT2D eigenvalue weighted by molar-refractivity contribution is 0.116. The van der Waals surface area contributed by atoms with Crippen LogP contribution in [0.3, 0.4) is 0 Å². The predicted octanol–water partition coefficient (Wildman–Crippen LogP) is 4.10. The minimum atomic E-state index is 0.133. The van der Waals surface area contributed by atoms with E-state index in [9.17, 15) is 0 Å². The summed E-state index contributed by atoms with van der Waals surface area (Å²) in [4.78, 5) is 2.64. The summed E-state index contributed by atoms with van der Waals surface area (Å²) in [5.41, 5.74) is 7.66. The van der Waals surface area contributed by atoms with E-state index in [0.29, 0.717) is 18.1 Å². The number of benzene rings is 1. The molecule has 106 valence electrons. The summed E-state index contributed by atoms with van der Waals surface area (Å²) in [6.45, 7) is 6.75. The SMILES string of the molecule is CCC1CCC(C)N1C(c1ccccc1Br)C(C)N. The number of hydrogen-bond donors (Lipinski definition) is 1. The van der Waals surface area contributed by atoms with E-state index < -0.39 is 0 Å². The molecule has 1 aliphatic heterocycles. The summed E-state index contributed by atoms with van der Waals surface area (Å²) in [7, 11) is 0. The maximum Gasteiger partial charge on any atom is 0.0513 e. The van der Waals surface area contributed by atoms with Crippen LogP contribution in [0.2, 0.25) is 0 Å². The van der Waals surface area contributed by atoms with Crippen LogP contribution in [0.25, 0.3) is 0 Å². The molecule has 1 aromatic rings. The average molecular weight is 325 g/mol. The van der Waals surface area contributed by atoms with E-state index in [0.717, 1.165) is 0 Å². The Morgan fingerprint density at radius 2 is 2.05 bits per heavy atom. The normalized spacial score (nSPS) is 27.4. The quantitative estimate of drug-likeness (QED) is 0.903. The fourth-order valence-corrected chi connectivity index (χ4v) is 3.96. The lowest BCUT2D eigenvalue weighted by atomic mass is 9.97. The Labute approximate surface area is 125 Å². The third-order valence-corrected chi connectivity index (χ3v) is 5.08. The summed E-state index contributed by atoms with van der Waals surface area (Å²) >= 11 is 3.69. The second kappa shape index (κ2) is 6.38. The van der Waals surface area contributed by atoms with E-state index in [1.54, 1.807) is 0 Å². The van der Waals surface area contributed by atoms with E-state index in [4.69, 9.17) is 5.73 Å². The molecule has 2 N–H and O–H groups in total. The van der Waals surface area contributed by atoms with Crippen molar-refractivity contribution >= 4 is 15.9 Å². The molecule has 0 aromatic heterocycles. The van der Waals surface area contributed by atoms with Crippen molar-refractivity contribution in [1.29, 1.82) is 0 Å². The van der Waals surface area contributed by atoms with Crippen LogP contribution in [0.1, 0.15) is 51.6 Å². The number of nitrogens with two attached hydrogens (primary N) is 1. The molecule has 3 heteroatoms. The van der Waals surface area contributed by atoms with E-state index >= 15 is 0 Å². The highest BCUT2D eigenvalue weighted by molar-refractivity contribution is 9.10. The average Bonchev–Trinajstić information content (AvgIpc) is 2.73. The molecule has 2 rings (SSSR count). The summed E-state index contributed by atoms with van der Waals surface area (Å²) in [6.07, 6.45) is 3.79. The minimum Gasteiger partial charge on any atom is -0.326 e. The molecule has 1 fully saturated rings. The van der Waals surface area contributed by atoms with E-state index in [1.165, 1.54) is 29.3 Å². The van der Waals surface area contributed by atoms with Gasteiger partial charge in [-0.3, -0.25) is 4.90 Å². The van der Waals surface area contributed by atoms with Gasteiger partial charge in [-0.1, -0.05) is 41.1 Å². The van der Waals surface area contributed by atoms with E-state index in [2.05, 4.69) is 65.9 Å². The lowest BCUT2D eigenvalue weighted by Crippen LogP contribution is -2.45. The van der Waals surface area contributed by atoms with Gasteiger partial charge in [0.05, 0.1) is 6.04 Å². The van der Waals surface area contributed by atoms with Gasteiger partial charge in [-0.25, -0.2) is 0 Å². The first-order valence-corrected chi connectivity index (χ1v) is 8.13. The molecular weight excluding hydrogens is 300 g/mol. The van der Waals surface area contributed by atoms with Crippen LogP contribution < -0.4 is 5.73 Å². The summed E-state index contributed by atoms with van der Waals surface area (Å²) in [5, 5.41) is 0. The molecule has 1 heterocycles. The standard InChI is InChI=1S/C16H25BrN2/c1-4-13-10-9-11(2)19(13)16(12(3)18)14-7-5-6-8-15(14)17/h5-8,11-13,16H,4,9-10,18H2,1-3H3. The maximum atomic E-state index is 6.33. The smallest absolute Gasteiger partial charge is 0.0513 e. The molecule has 0 amide bonds. The molecular formula is C16H25BrN2. The molecule has 0 radical (unpaired) electrons. The Hall–Kier alpha value is -0.380. The molecule has 2 nitrogen and oxygen atoms in total. The Morgan fingerprint density at radius 3 is 2.63 bits per heavy atom. The van der Waals surface area contributed by atoms with E-state index in [1.807, 2.05) is 0 Å². The van der Waals surface area contributed by atoms with Crippen molar-refractivity contribution in [3.05, 3.63) is 34.3 Å². The van der Waals surface area contributed by atoms with Gasteiger partial charge in [0.1, 0.15) is 0 Å². The number of hydrogen-bond acceptors (Lipinski definition) is 2. The highest BCUT2D eigenvalue weighted by Crippen LogP contribution is 2.38. The van der Waals surface area contributed by atoms with Crippen molar-refractivity contribution in [2.45, 2.75) is 64.2 Å². The minimum absolute atomic E-state index is 0.133.